The topological polar surface area (TPSA) is 28.4 Å². The van der Waals surface area contributed by atoms with Gasteiger partial charge in [-0.2, -0.15) is 0 Å². The number of nitrogens with zero attached hydrogens (tertiary/aromatic N) is 1. The lowest BCUT2D eigenvalue weighted by molar-refractivity contribution is 0.164. The van der Waals surface area contributed by atoms with Crippen molar-refractivity contribution in [3.63, 3.8) is 0 Å². The van der Waals surface area contributed by atoms with Crippen LogP contribution in [-0.2, 0) is 0 Å². The van der Waals surface area contributed by atoms with Gasteiger partial charge in [0.25, 0.3) is 0 Å². The minimum atomic E-state index is 0.400. The molecular formula is C16H26N2O. The third kappa shape index (κ3) is 3.40. The molecular weight excluding hydrogens is 236 g/mol. The molecule has 2 aliphatic rings. The van der Waals surface area contributed by atoms with Crippen LogP contribution < -0.4 is 5.32 Å². The molecule has 0 bridgehead atoms. The fraction of sp³-hybridized carbons (Fsp3) is 0.750. The van der Waals surface area contributed by atoms with E-state index in [-0.39, 0.29) is 0 Å². The standard InChI is InChI=1S/C16H26N2O/c1-12-5-8-16(19-12)13(2)18(10-14-6-7-14)11-15-4-3-9-17-15/h5,8,13-15,17H,3-4,6-7,9-11H2,1-2H3. The first kappa shape index (κ1) is 13.2. The highest BCUT2D eigenvalue weighted by molar-refractivity contribution is 5.09. The van der Waals surface area contributed by atoms with E-state index in [0.29, 0.717) is 12.1 Å². The lowest BCUT2D eigenvalue weighted by atomic mass is 10.1. The van der Waals surface area contributed by atoms with Crippen molar-refractivity contribution in [3.8, 4) is 0 Å². The molecule has 1 aliphatic heterocycles. The van der Waals surface area contributed by atoms with Gasteiger partial charge in [0.05, 0.1) is 6.04 Å². The minimum absolute atomic E-state index is 0.400. The summed E-state index contributed by atoms with van der Waals surface area (Å²) in [6.45, 7) is 7.91. The van der Waals surface area contributed by atoms with Crippen LogP contribution in [0.2, 0.25) is 0 Å². The van der Waals surface area contributed by atoms with Gasteiger partial charge in [0.1, 0.15) is 11.5 Å². The SMILES string of the molecule is Cc1ccc(C(C)N(CC2CC2)CC2CCCN2)o1. The van der Waals surface area contributed by atoms with Crippen LogP contribution in [0, 0.1) is 12.8 Å². The zero-order chi connectivity index (χ0) is 13.2. The first-order chi connectivity index (χ1) is 9.22. The van der Waals surface area contributed by atoms with Crippen LogP contribution in [0.4, 0.5) is 0 Å². The Morgan fingerprint density at radius 3 is 2.74 bits per heavy atom. The van der Waals surface area contributed by atoms with Crippen LogP contribution >= 0.6 is 0 Å². The fourth-order valence-corrected chi connectivity index (χ4v) is 3.08. The molecule has 2 unspecified atom stereocenters. The summed E-state index contributed by atoms with van der Waals surface area (Å²) in [7, 11) is 0. The lowest BCUT2D eigenvalue weighted by Gasteiger charge is -2.30. The molecule has 0 radical (unpaired) electrons. The molecule has 3 rings (SSSR count). The first-order valence-electron chi connectivity index (χ1n) is 7.76. The average Bonchev–Trinajstić information content (AvgIpc) is 2.89. The van der Waals surface area contributed by atoms with Crippen molar-refractivity contribution < 1.29 is 4.42 Å². The molecule has 3 heteroatoms. The second-order valence-corrected chi connectivity index (χ2v) is 6.31. The summed E-state index contributed by atoms with van der Waals surface area (Å²) in [6.07, 6.45) is 5.48. The second-order valence-electron chi connectivity index (χ2n) is 6.31. The Hall–Kier alpha value is -0.800. The van der Waals surface area contributed by atoms with E-state index in [4.69, 9.17) is 4.42 Å². The van der Waals surface area contributed by atoms with E-state index in [0.717, 1.165) is 24.0 Å². The number of aryl methyl sites for hydroxylation is 1. The Morgan fingerprint density at radius 2 is 2.16 bits per heavy atom. The van der Waals surface area contributed by atoms with Crippen molar-refractivity contribution in [2.75, 3.05) is 19.6 Å². The highest BCUT2D eigenvalue weighted by Gasteiger charge is 2.30. The lowest BCUT2D eigenvalue weighted by Crippen LogP contribution is -2.39. The molecule has 1 aromatic heterocycles. The molecule has 106 valence electrons. The largest absolute Gasteiger partial charge is 0.465 e. The zero-order valence-electron chi connectivity index (χ0n) is 12.2. The van der Waals surface area contributed by atoms with Crippen molar-refractivity contribution in [1.82, 2.24) is 10.2 Å². The molecule has 2 fully saturated rings. The first-order valence-corrected chi connectivity index (χ1v) is 7.76. The fourth-order valence-electron chi connectivity index (χ4n) is 3.08. The van der Waals surface area contributed by atoms with Crippen LogP contribution in [0.15, 0.2) is 16.5 Å². The maximum atomic E-state index is 5.83. The van der Waals surface area contributed by atoms with E-state index < -0.39 is 0 Å². The number of hydrogen-bond acceptors (Lipinski definition) is 3. The van der Waals surface area contributed by atoms with Gasteiger partial charge in [-0.05, 0) is 64.1 Å². The van der Waals surface area contributed by atoms with Gasteiger partial charge in [0.2, 0.25) is 0 Å². The van der Waals surface area contributed by atoms with Crippen molar-refractivity contribution in [2.45, 2.75) is 51.6 Å². The summed E-state index contributed by atoms with van der Waals surface area (Å²) in [4.78, 5) is 2.62. The molecule has 1 aliphatic carbocycles. The maximum absolute atomic E-state index is 5.83. The molecule has 1 saturated carbocycles. The smallest absolute Gasteiger partial charge is 0.121 e. The molecule has 19 heavy (non-hydrogen) atoms. The quantitative estimate of drug-likeness (QED) is 0.854. The van der Waals surface area contributed by atoms with Gasteiger partial charge in [0, 0.05) is 19.1 Å². The summed E-state index contributed by atoms with van der Waals surface area (Å²) in [6, 6.07) is 5.30. The van der Waals surface area contributed by atoms with Crippen molar-refractivity contribution in [3.05, 3.63) is 23.7 Å². The van der Waals surface area contributed by atoms with Crippen LogP contribution in [-0.4, -0.2) is 30.6 Å². The van der Waals surface area contributed by atoms with Gasteiger partial charge in [-0.1, -0.05) is 0 Å². The van der Waals surface area contributed by atoms with Crippen molar-refractivity contribution in [2.24, 2.45) is 5.92 Å². The summed E-state index contributed by atoms with van der Waals surface area (Å²) < 4.78 is 5.83. The predicted octanol–water partition coefficient (Wildman–Crippen LogP) is 3.11. The molecule has 2 atom stereocenters. The minimum Gasteiger partial charge on any atom is -0.465 e. The Balaban J connectivity index is 1.65. The molecule has 1 saturated heterocycles. The van der Waals surface area contributed by atoms with Gasteiger partial charge in [-0.15, -0.1) is 0 Å². The van der Waals surface area contributed by atoms with Gasteiger partial charge in [0.15, 0.2) is 0 Å². The van der Waals surface area contributed by atoms with Crippen LogP contribution in [0.1, 0.15) is 50.2 Å². The normalized spacial score (nSPS) is 25.1. The monoisotopic (exact) mass is 262 g/mol. The number of nitrogens with one attached hydrogen (secondary N) is 1. The average molecular weight is 262 g/mol. The molecule has 0 spiro atoms. The Kier molecular flexibility index (Phi) is 3.94. The third-order valence-corrected chi connectivity index (χ3v) is 4.53. The van der Waals surface area contributed by atoms with Gasteiger partial charge >= 0.3 is 0 Å². The predicted molar refractivity (Wildman–Crippen MR) is 77.2 cm³/mol. The Labute approximate surface area is 116 Å². The van der Waals surface area contributed by atoms with Crippen LogP contribution in [0.25, 0.3) is 0 Å². The third-order valence-electron chi connectivity index (χ3n) is 4.53. The zero-order valence-corrected chi connectivity index (χ0v) is 12.2. The summed E-state index contributed by atoms with van der Waals surface area (Å²) in [5, 5.41) is 3.62. The van der Waals surface area contributed by atoms with Gasteiger partial charge < -0.3 is 9.73 Å². The maximum Gasteiger partial charge on any atom is 0.121 e. The summed E-state index contributed by atoms with van der Waals surface area (Å²) in [5.41, 5.74) is 0. The summed E-state index contributed by atoms with van der Waals surface area (Å²) >= 11 is 0. The summed E-state index contributed by atoms with van der Waals surface area (Å²) in [5.74, 6) is 3.07. The number of furan rings is 1. The Bertz CT molecular complexity index is 405. The molecule has 1 aromatic rings. The molecule has 2 heterocycles. The van der Waals surface area contributed by atoms with E-state index >= 15 is 0 Å². The van der Waals surface area contributed by atoms with Crippen LogP contribution in [0.5, 0.6) is 0 Å². The van der Waals surface area contributed by atoms with Gasteiger partial charge in [-0.25, -0.2) is 0 Å². The second kappa shape index (κ2) is 5.68. The Morgan fingerprint density at radius 1 is 1.32 bits per heavy atom. The molecule has 0 amide bonds. The highest BCUT2D eigenvalue weighted by atomic mass is 16.3. The van der Waals surface area contributed by atoms with Crippen molar-refractivity contribution in [1.29, 1.82) is 0 Å². The number of rotatable bonds is 6. The van der Waals surface area contributed by atoms with E-state index in [1.165, 1.54) is 38.8 Å². The van der Waals surface area contributed by atoms with Crippen molar-refractivity contribution >= 4 is 0 Å². The van der Waals surface area contributed by atoms with E-state index in [1.807, 2.05) is 6.92 Å². The molecule has 3 nitrogen and oxygen atoms in total. The number of hydrogen-bond donors (Lipinski definition) is 1. The van der Waals surface area contributed by atoms with Gasteiger partial charge in [-0.3, -0.25) is 4.90 Å². The highest BCUT2D eigenvalue weighted by Crippen LogP contribution is 2.33. The van der Waals surface area contributed by atoms with Crippen LogP contribution in [0.3, 0.4) is 0 Å². The molecule has 0 aromatic carbocycles. The van der Waals surface area contributed by atoms with E-state index in [1.54, 1.807) is 0 Å². The van der Waals surface area contributed by atoms with E-state index in [9.17, 15) is 0 Å². The molecule has 1 N–H and O–H groups in total. The van der Waals surface area contributed by atoms with E-state index in [2.05, 4.69) is 29.3 Å².